The average Bonchev–Trinajstić information content (AvgIpc) is 3.49. The maximum Gasteiger partial charge on any atom is 0.247 e. The van der Waals surface area contributed by atoms with Crippen molar-refractivity contribution >= 4 is 42.6 Å². The maximum absolute atomic E-state index is 13.9. The molecule has 1 atom stereocenters. The zero-order valence-electron chi connectivity index (χ0n) is 20.3. The number of halogens is 1. The van der Waals surface area contributed by atoms with Crippen molar-refractivity contribution in [2.24, 2.45) is 0 Å². The Morgan fingerprint density at radius 2 is 1.86 bits per heavy atom. The van der Waals surface area contributed by atoms with E-state index in [4.69, 9.17) is 0 Å². The van der Waals surface area contributed by atoms with Gasteiger partial charge >= 0.3 is 0 Å². The standard InChI is InChI=1S/C25H31FN4O3S2/c1-4-28(5-2)15-16-29(25-27-21-13-10-19(26)17-23(21)34-25)24(31)22-7-6-14-30(22)35(32,33)20-11-8-18(3)9-12-20/h8-13,17,22H,4-7,14-16H2,1-3H3. The van der Waals surface area contributed by atoms with Gasteiger partial charge in [-0.15, -0.1) is 0 Å². The molecule has 1 unspecified atom stereocenters. The van der Waals surface area contributed by atoms with E-state index in [0.29, 0.717) is 47.8 Å². The monoisotopic (exact) mass is 518 g/mol. The van der Waals surface area contributed by atoms with Crippen LogP contribution in [0, 0.1) is 12.7 Å². The van der Waals surface area contributed by atoms with Gasteiger partial charge in [0.2, 0.25) is 15.9 Å². The molecule has 35 heavy (non-hydrogen) atoms. The van der Waals surface area contributed by atoms with E-state index in [1.54, 1.807) is 35.2 Å². The molecule has 0 aliphatic carbocycles. The number of aryl methyl sites for hydroxylation is 1. The van der Waals surface area contributed by atoms with Gasteiger partial charge in [0.15, 0.2) is 5.13 Å². The number of carbonyl (C=O) groups excluding carboxylic acids is 1. The van der Waals surface area contributed by atoms with Gasteiger partial charge in [0, 0.05) is 19.6 Å². The molecule has 4 rings (SSSR count). The van der Waals surface area contributed by atoms with Crippen molar-refractivity contribution in [2.45, 2.75) is 44.6 Å². The predicted molar refractivity (Wildman–Crippen MR) is 138 cm³/mol. The SMILES string of the molecule is CCN(CC)CCN(C(=O)C1CCCN1S(=O)(=O)c1ccc(C)cc1)c1nc2ccc(F)cc2s1. The van der Waals surface area contributed by atoms with Gasteiger partial charge in [-0.1, -0.05) is 42.9 Å². The molecule has 1 aliphatic rings. The third kappa shape index (κ3) is 5.40. The van der Waals surface area contributed by atoms with E-state index in [0.717, 1.165) is 18.7 Å². The molecule has 7 nitrogen and oxygen atoms in total. The molecule has 2 heterocycles. The van der Waals surface area contributed by atoms with Crippen LogP contribution in [0.5, 0.6) is 0 Å². The highest BCUT2D eigenvalue weighted by atomic mass is 32.2. The second-order valence-corrected chi connectivity index (χ2v) is 11.6. The fourth-order valence-electron chi connectivity index (χ4n) is 4.38. The minimum atomic E-state index is -3.83. The van der Waals surface area contributed by atoms with E-state index in [2.05, 4.69) is 23.7 Å². The molecule has 0 radical (unpaired) electrons. The highest BCUT2D eigenvalue weighted by molar-refractivity contribution is 7.89. The summed E-state index contributed by atoms with van der Waals surface area (Å²) in [4.78, 5) is 22.5. The third-order valence-electron chi connectivity index (χ3n) is 6.49. The zero-order chi connectivity index (χ0) is 25.2. The van der Waals surface area contributed by atoms with E-state index in [1.807, 2.05) is 6.92 Å². The van der Waals surface area contributed by atoms with Gasteiger partial charge in [-0.3, -0.25) is 9.69 Å². The molecule has 10 heteroatoms. The van der Waals surface area contributed by atoms with Gasteiger partial charge in [-0.2, -0.15) is 4.31 Å². The van der Waals surface area contributed by atoms with Crippen molar-refractivity contribution in [1.29, 1.82) is 0 Å². The first kappa shape index (κ1) is 25.7. The van der Waals surface area contributed by atoms with Gasteiger partial charge in [0.25, 0.3) is 0 Å². The molecular weight excluding hydrogens is 487 g/mol. The van der Waals surface area contributed by atoms with Crippen molar-refractivity contribution in [3.63, 3.8) is 0 Å². The lowest BCUT2D eigenvalue weighted by molar-refractivity contribution is -0.121. The van der Waals surface area contributed by atoms with Crippen LogP contribution in [0.15, 0.2) is 47.4 Å². The van der Waals surface area contributed by atoms with Crippen molar-refractivity contribution in [2.75, 3.05) is 37.6 Å². The van der Waals surface area contributed by atoms with E-state index in [1.165, 1.54) is 27.8 Å². The number of benzene rings is 2. The fraction of sp³-hybridized carbons (Fsp3) is 0.440. The number of carbonyl (C=O) groups is 1. The van der Waals surface area contributed by atoms with Crippen LogP contribution in [0.4, 0.5) is 9.52 Å². The van der Waals surface area contributed by atoms with Crippen LogP contribution in [0.25, 0.3) is 10.2 Å². The summed E-state index contributed by atoms with van der Waals surface area (Å²) in [6.07, 6.45) is 1.06. The lowest BCUT2D eigenvalue weighted by Crippen LogP contribution is -2.49. The largest absolute Gasteiger partial charge is 0.302 e. The number of fused-ring (bicyclic) bond motifs is 1. The zero-order valence-corrected chi connectivity index (χ0v) is 21.9. The normalized spacial score (nSPS) is 16.9. The van der Waals surface area contributed by atoms with E-state index < -0.39 is 16.1 Å². The molecule has 1 amide bonds. The Kier molecular flexibility index (Phi) is 7.85. The highest BCUT2D eigenvalue weighted by Crippen LogP contribution is 2.33. The summed E-state index contributed by atoms with van der Waals surface area (Å²) in [6.45, 7) is 8.98. The van der Waals surface area contributed by atoms with Crippen LogP contribution < -0.4 is 4.90 Å². The molecule has 3 aromatic rings. The fourth-order valence-corrected chi connectivity index (χ4v) is 7.06. The summed E-state index contributed by atoms with van der Waals surface area (Å²) < 4.78 is 42.7. The molecule has 0 spiro atoms. The Morgan fingerprint density at radius 3 is 2.54 bits per heavy atom. The number of hydrogen-bond donors (Lipinski definition) is 0. The van der Waals surface area contributed by atoms with Crippen LogP contribution >= 0.6 is 11.3 Å². The van der Waals surface area contributed by atoms with Crippen molar-refractivity contribution in [3.05, 3.63) is 53.8 Å². The summed E-state index contributed by atoms with van der Waals surface area (Å²) in [5.41, 5.74) is 1.58. The quantitative estimate of drug-likeness (QED) is 0.423. The lowest BCUT2D eigenvalue weighted by Gasteiger charge is -2.30. The Morgan fingerprint density at radius 1 is 1.14 bits per heavy atom. The molecule has 188 valence electrons. The van der Waals surface area contributed by atoms with Crippen molar-refractivity contribution in [3.8, 4) is 0 Å². The summed E-state index contributed by atoms with van der Waals surface area (Å²) in [7, 11) is -3.83. The van der Waals surface area contributed by atoms with Gasteiger partial charge in [-0.25, -0.2) is 17.8 Å². The number of hydrogen-bond acceptors (Lipinski definition) is 6. The van der Waals surface area contributed by atoms with Gasteiger partial charge in [0.05, 0.1) is 15.1 Å². The number of anilines is 1. The third-order valence-corrected chi connectivity index (χ3v) is 9.45. The van der Waals surface area contributed by atoms with Gasteiger partial charge in [-0.05, 0) is 63.2 Å². The molecule has 1 aromatic heterocycles. The average molecular weight is 519 g/mol. The Labute approximate surface area is 210 Å². The first-order valence-corrected chi connectivity index (χ1v) is 14.2. The van der Waals surface area contributed by atoms with Crippen LogP contribution in [-0.4, -0.2) is 67.3 Å². The molecule has 0 N–H and O–H groups in total. The molecule has 1 saturated heterocycles. The molecule has 0 bridgehead atoms. The smallest absolute Gasteiger partial charge is 0.247 e. The second-order valence-electron chi connectivity index (χ2n) is 8.71. The number of nitrogens with zero attached hydrogens (tertiary/aromatic N) is 4. The first-order chi connectivity index (χ1) is 16.7. The summed E-state index contributed by atoms with van der Waals surface area (Å²) >= 11 is 1.25. The number of amides is 1. The molecular formula is C25H31FN4O3S2. The number of rotatable bonds is 9. The Hall–Kier alpha value is -2.40. The van der Waals surface area contributed by atoms with Crippen LogP contribution in [-0.2, 0) is 14.8 Å². The van der Waals surface area contributed by atoms with E-state index >= 15 is 0 Å². The van der Waals surface area contributed by atoms with Gasteiger partial charge < -0.3 is 4.90 Å². The maximum atomic E-state index is 13.9. The molecule has 1 aliphatic heterocycles. The molecule has 1 fully saturated rings. The first-order valence-electron chi connectivity index (χ1n) is 11.9. The number of likely N-dealkylation sites (N-methyl/N-ethyl adjacent to an activating group) is 1. The van der Waals surface area contributed by atoms with E-state index in [-0.39, 0.29) is 16.6 Å². The predicted octanol–water partition coefficient (Wildman–Crippen LogP) is 4.27. The Bertz CT molecular complexity index is 1290. The Balaban J connectivity index is 1.67. The summed E-state index contributed by atoms with van der Waals surface area (Å²) in [5, 5.41) is 0.460. The van der Waals surface area contributed by atoms with Gasteiger partial charge in [0.1, 0.15) is 11.9 Å². The van der Waals surface area contributed by atoms with E-state index in [9.17, 15) is 17.6 Å². The summed E-state index contributed by atoms with van der Waals surface area (Å²) in [5.74, 6) is -0.648. The summed E-state index contributed by atoms with van der Waals surface area (Å²) in [6, 6.07) is 10.2. The molecule has 2 aromatic carbocycles. The number of thiazole rings is 1. The minimum Gasteiger partial charge on any atom is -0.302 e. The minimum absolute atomic E-state index is 0.188. The number of sulfonamides is 1. The van der Waals surface area contributed by atoms with Crippen LogP contribution in [0.3, 0.4) is 0 Å². The van der Waals surface area contributed by atoms with Crippen LogP contribution in [0.2, 0.25) is 0 Å². The molecule has 0 saturated carbocycles. The topological polar surface area (TPSA) is 73.8 Å². The van der Waals surface area contributed by atoms with Crippen molar-refractivity contribution < 1.29 is 17.6 Å². The lowest BCUT2D eigenvalue weighted by atomic mass is 10.2. The van der Waals surface area contributed by atoms with Crippen molar-refractivity contribution in [1.82, 2.24) is 14.2 Å². The van der Waals surface area contributed by atoms with Crippen LogP contribution in [0.1, 0.15) is 32.3 Å². The highest BCUT2D eigenvalue weighted by Gasteiger charge is 2.42. The number of aromatic nitrogens is 1. The second kappa shape index (κ2) is 10.7.